The molecule has 1 atom stereocenters. The highest BCUT2D eigenvalue weighted by atomic mass is 28.4. The zero-order chi connectivity index (χ0) is 16.5. The van der Waals surface area contributed by atoms with Crippen molar-refractivity contribution >= 4 is 15.4 Å². The molecule has 1 heterocycles. The molecule has 0 aliphatic carbocycles. The second kappa shape index (κ2) is 6.57. The predicted octanol–water partition coefficient (Wildman–Crippen LogP) is 4.58. The topological polar surface area (TPSA) is 27.7 Å². The van der Waals surface area contributed by atoms with E-state index in [2.05, 4.69) is 61.2 Å². The number of unbranched alkanes of at least 4 members (excludes halogenated alkanes) is 1. The summed E-state index contributed by atoms with van der Waals surface area (Å²) < 4.78 is 18.4. The van der Waals surface area contributed by atoms with Gasteiger partial charge in [-0.1, -0.05) is 19.8 Å². The van der Waals surface area contributed by atoms with Gasteiger partial charge in [-0.2, -0.15) is 0 Å². The van der Waals surface area contributed by atoms with Gasteiger partial charge in [0.1, 0.15) is 0 Å². The van der Waals surface area contributed by atoms with E-state index in [1.54, 1.807) is 0 Å². The van der Waals surface area contributed by atoms with Crippen molar-refractivity contribution in [3.05, 3.63) is 12.1 Å². The van der Waals surface area contributed by atoms with Crippen molar-refractivity contribution in [2.45, 2.75) is 90.8 Å². The van der Waals surface area contributed by atoms with E-state index in [0.717, 1.165) is 5.47 Å². The quantitative estimate of drug-likeness (QED) is 0.644. The van der Waals surface area contributed by atoms with Crippen LogP contribution in [0.5, 0.6) is 0 Å². The van der Waals surface area contributed by atoms with Crippen molar-refractivity contribution in [2.75, 3.05) is 0 Å². The van der Waals surface area contributed by atoms with E-state index in [0.29, 0.717) is 0 Å². The molecule has 3 nitrogen and oxygen atoms in total. The fraction of sp³-hybridized carbons (Fsp3) is 0.875. The van der Waals surface area contributed by atoms with Crippen LogP contribution in [-0.2, 0) is 13.7 Å². The Morgan fingerprint density at radius 1 is 1.19 bits per heavy atom. The van der Waals surface area contributed by atoms with Gasteiger partial charge >= 0.3 is 7.12 Å². The van der Waals surface area contributed by atoms with E-state index in [1.807, 2.05) is 0 Å². The number of hydrogen-bond acceptors (Lipinski definition) is 3. The smallest absolute Gasteiger partial charge is 0.412 e. The molecule has 1 unspecified atom stereocenters. The first-order valence-electron chi connectivity index (χ1n) is 8.14. The molecule has 0 radical (unpaired) electrons. The van der Waals surface area contributed by atoms with Crippen LogP contribution in [0.2, 0.25) is 19.1 Å². The monoisotopic (exact) mass is 312 g/mol. The molecule has 0 amide bonds. The molecule has 1 rings (SSSR count). The molecule has 1 saturated heterocycles. The van der Waals surface area contributed by atoms with Gasteiger partial charge in [-0.05, 0) is 59.2 Å². The summed E-state index contributed by atoms with van der Waals surface area (Å²) in [5.74, 6) is 0. The van der Waals surface area contributed by atoms with Gasteiger partial charge in [-0.15, -0.1) is 6.58 Å². The van der Waals surface area contributed by atoms with Crippen LogP contribution in [0.3, 0.4) is 0 Å². The third-order valence-corrected chi connectivity index (χ3v) is 7.26. The van der Waals surface area contributed by atoms with Gasteiger partial charge in [0.25, 0.3) is 0 Å². The summed E-state index contributed by atoms with van der Waals surface area (Å²) in [4.78, 5) is 0. The maximum absolute atomic E-state index is 6.33. The summed E-state index contributed by atoms with van der Waals surface area (Å²) in [5, 5.41) is 0. The molecule has 122 valence electrons. The Bertz CT molecular complexity index is 364. The summed E-state index contributed by atoms with van der Waals surface area (Å²) in [7, 11) is -2.02. The molecular weight excluding hydrogens is 279 g/mol. The van der Waals surface area contributed by atoms with Crippen LogP contribution in [0.25, 0.3) is 0 Å². The zero-order valence-electron chi connectivity index (χ0n) is 15.2. The van der Waals surface area contributed by atoms with Crippen molar-refractivity contribution < 1.29 is 13.7 Å². The van der Waals surface area contributed by atoms with E-state index < -0.39 is 8.32 Å². The summed E-state index contributed by atoms with van der Waals surface area (Å²) in [6.07, 6.45) is 2.42. The van der Waals surface area contributed by atoms with Gasteiger partial charge in [-0.3, -0.25) is 0 Å². The van der Waals surface area contributed by atoms with Gasteiger partial charge in [0.2, 0.25) is 0 Å². The van der Waals surface area contributed by atoms with E-state index in [-0.39, 0.29) is 24.4 Å². The Hall–Kier alpha value is -0.0982. The van der Waals surface area contributed by atoms with E-state index in [1.165, 1.54) is 18.9 Å². The lowest BCUT2D eigenvalue weighted by molar-refractivity contribution is 0.00578. The third-order valence-electron chi connectivity index (χ3n) is 4.71. The Labute approximate surface area is 132 Å². The van der Waals surface area contributed by atoms with Crippen LogP contribution in [0.4, 0.5) is 0 Å². The molecule has 0 saturated carbocycles. The Morgan fingerprint density at radius 3 is 2.10 bits per heavy atom. The predicted molar refractivity (Wildman–Crippen MR) is 93.0 cm³/mol. The first-order chi connectivity index (χ1) is 9.42. The van der Waals surface area contributed by atoms with Gasteiger partial charge < -0.3 is 13.7 Å². The van der Waals surface area contributed by atoms with Gasteiger partial charge in [0.15, 0.2) is 8.32 Å². The Kier molecular flexibility index (Phi) is 5.93. The lowest BCUT2D eigenvalue weighted by Gasteiger charge is -2.32. The molecule has 21 heavy (non-hydrogen) atoms. The first-order valence-corrected chi connectivity index (χ1v) is 11.3. The van der Waals surface area contributed by atoms with Crippen molar-refractivity contribution in [1.82, 2.24) is 0 Å². The fourth-order valence-corrected chi connectivity index (χ4v) is 4.83. The van der Waals surface area contributed by atoms with E-state index >= 15 is 0 Å². The Morgan fingerprint density at radius 2 is 1.67 bits per heavy atom. The van der Waals surface area contributed by atoms with E-state index in [4.69, 9.17) is 13.7 Å². The second-order valence-electron chi connectivity index (χ2n) is 7.79. The largest absolute Gasteiger partial charge is 0.492 e. The van der Waals surface area contributed by atoms with Crippen molar-refractivity contribution in [3.63, 3.8) is 0 Å². The van der Waals surface area contributed by atoms with Crippen LogP contribution in [0.15, 0.2) is 12.1 Å². The van der Waals surface area contributed by atoms with Crippen LogP contribution in [0.1, 0.15) is 54.4 Å². The SMILES string of the molecule is C=C(B1OC(C)(C)C(C)(C)O1)C(C)O[Si](C)(C)CCCC. The summed E-state index contributed by atoms with van der Waals surface area (Å²) >= 11 is 0. The molecule has 0 aromatic heterocycles. The highest BCUT2D eigenvalue weighted by Crippen LogP contribution is 2.39. The molecule has 0 N–H and O–H groups in total. The summed E-state index contributed by atoms with van der Waals surface area (Å²) in [5.41, 5.74) is 0.246. The lowest BCUT2D eigenvalue weighted by Crippen LogP contribution is -2.41. The summed E-state index contributed by atoms with van der Waals surface area (Å²) in [6, 6.07) is 1.19. The minimum Gasteiger partial charge on any atom is -0.412 e. The van der Waals surface area contributed by atoms with Crippen LogP contribution < -0.4 is 0 Å². The van der Waals surface area contributed by atoms with Crippen molar-refractivity contribution in [1.29, 1.82) is 0 Å². The minimum atomic E-state index is -1.64. The molecule has 1 aliphatic rings. The average molecular weight is 312 g/mol. The third kappa shape index (κ3) is 4.68. The lowest BCUT2D eigenvalue weighted by atomic mass is 9.76. The number of rotatable bonds is 7. The zero-order valence-corrected chi connectivity index (χ0v) is 16.2. The Balaban J connectivity index is 2.64. The van der Waals surface area contributed by atoms with E-state index in [9.17, 15) is 0 Å². The highest BCUT2D eigenvalue weighted by molar-refractivity contribution is 6.71. The fourth-order valence-electron chi connectivity index (χ4n) is 2.40. The summed E-state index contributed by atoms with van der Waals surface area (Å²) in [6.45, 7) is 21.3. The average Bonchev–Trinajstić information content (AvgIpc) is 2.54. The second-order valence-corrected chi connectivity index (χ2v) is 12.0. The van der Waals surface area contributed by atoms with Crippen LogP contribution in [0, 0.1) is 0 Å². The van der Waals surface area contributed by atoms with Crippen LogP contribution >= 0.6 is 0 Å². The minimum absolute atomic E-state index is 0.0294. The van der Waals surface area contributed by atoms with Crippen LogP contribution in [-0.4, -0.2) is 32.7 Å². The maximum Gasteiger partial charge on any atom is 0.492 e. The highest BCUT2D eigenvalue weighted by Gasteiger charge is 2.52. The molecule has 0 bridgehead atoms. The van der Waals surface area contributed by atoms with Crippen molar-refractivity contribution in [2.24, 2.45) is 0 Å². The molecule has 1 aliphatic heterocycles. The molecule has 0 aromatic carbocycles. The van der Waals surface area contributed by atoms with Gasteiger partial charge in [-0.25, -0.2) is 0 Å². The number of hydrogen-bond donors (Lipinski definition) is 0. The molecular formula is C16H33BO3Si. The molecule has 0 aromatic rings. The maximum atomic E-state index is 6.33. The molecule has 1 fully saturated rings. The molecule has 0 spiro atoms. The first kappa shape index (κ1) is 18.9. The van der Waals surface area contributed by atoms with Gasteiger partial charge in [0.05, 0.1) is 17.3 Å². The van der Waals surface area contributed by atoms with Crippen molar-refractivity contribution in [3.8, 4) is 0 Å². The molecule has 5 heteroatoms. The van der Waals surface area contributed by atoms with Gasteiger partial charge in [0, 0.05) is 0 Å². The normalized spacial score (nSPS) is 22.4. The standard InChI is InChI=1S/C16H33BO3Si/c1-10-11-12-21(8,9)18-14(3)13(2)17-19-15(4,5)16(6,7)20-17/h14H,2,10-12H2,1,3-9H3.